The fraction of sp³-hybridized carbons (Fsp3) is 0.780. The summed E-state index contributed by atoms with van der Waals surface area (Å²) in [5.41, 5.74) is 1.41. The number of carbonyl (C=O) groups excluding carboxylic acids is 1. The molecule has 8 heteroatoms. The van der Waals surface area contributed by atoms with Crippen molar-refractivity contribution in [2.24, 2.45) is 11.8 Å². The number of ether oxygens (including phenoxy) is 1. The Morgan fingerprint density at radius 1 is 0.796 bits per heavy atom. The number of hydrogen-bond donors (Lipinski definition) is 0. The second-order valence-corrected chi connectivity index (χ2v) is 29.9. The molecule has 0 aromatic heterocycles. The Labute approximate surface area is 306 Å². The van der Waals surface area contributed by atoms with Gasteiger partial charge in [0.15, 0.2) is 25.0 Å². The second kappa shape index (κ2) is 22.1. The molecule has 0 aliphatic heterocycles. The van der Waals surface area contributed by atoms with Crippen molar-refractivity contribution in [3.05, 3.63) is 48.0 Å². The summed E-state index contributed by atoms with van der Waals surface area (Å²) in [5.74, 6) is 0.785. The van der Waals surface area contributed by atoms with Gasteiger partial charge in [-0.2, -0.15) is 0 Å². The maximum atomic E-state index is 12.1. The van der Waals surface area contributed by atoms with Crippen molar-refractivity contribution < 1.29 is 22.8 Å². The smallest absolute Gasteiger partial charge is 0.306 e. The van der Waals surface area contributed by atoms with E-state index in [1.807, 2.05) is 13.8 Å². The van der Waals surface area contributed by atoms with Crippen LogP contribution in [0.2, 0.25) is 55.9 Å². The minimum atomic E-state index is -1.82. The average molecular weight is 733 g/mol. The molecule has 2 rings (SSSR count). The third-order valence-corrected chi connectivity index (χ3v) is 21.7. The van der Waals surface area contributed by atoms with E-state index in [0.717, 1.165) is 51.4 Å². The fourth-order valence-corrected chi connectivity index (χ4v) is 15.0. The van der Waals surface area contributed by atoms with Gasteiger partial charge in [0.25, 0.3) is 0 Å². The lowest BCUT2D eigenvalue weighted by Gasteiger charge is -2.37. The molecule has 1 aromatic carbocycles. The van der Waals surface area contributed by atoms with Crippen molar-refractivity contribution >= 4 is 30.9 Å². The van der Waals surface area contributed by atoms with Crippen molar-refractivity contribution in [3.63, 3.8) is 0 Å². The first-order chi connectivity index (χ1) is 23.3. The predicted molar refractivity (Wildman–Crippen MR) is 217 cm³/mol. The third kappa shape index (κ3) is 15.2. The highest BCUT2D eigenvalue weighted by molar-refractivity contribution is 6.74. The van der Waals surface area contributed by atoms with Gasteiger partial charge in [-0.3, -0.25) is 4.79 Å². The van der Waals surface area contributed by atoms with Crippen LogP contribution in [0.3, 0.4) is 0 Å². The molecular weight excluding hydrogens is 657 g/mol. The highest BCUT2D eigenvalue weighted by Crippen LogP contribution is 2.45. The van der Waals surface area contributed by atoms with Crippen molar-refractivity contribution in [2.45, 2.75) is 193 Å². The zero-order chi connectivity index (χ0) is 36.5. The topological polar surface area (TPSA) is 54.0 Å². The van der Waals surface area contributed by atoms with E-state index >= 15 is 0 Å². The van der Waals surface area contributed by atoms with E-state index in [4.69, 9.17) is 18.0 Å². The molecule has 0 saturated heterocycles. The number of aryl methyl sites for hydroxylation is 1. The molecule has 0 bridgehead atoms. The molecular formula is C41H76O5Si3. The molecule has 1 fully saturated rings. The molecule has 1 aliphatic rings. The van der Waals surface area contributed by atoms with E-state index in [1.54, 1.807) is 0 Å². The van der Waals surface area contributed by atoms with Crippen LogP contribution in [0, 0.1) is 11.8 Å². The van der Waals surface area contributed by atoms with Gasteiger partial charge in [0.2, 0.25) is 0 Å². The van der Waals surface area contributed by atoms with E-state index in [0.29, 0.717) is 18.3 Å². The van der Waals surface area contributed by atoms with Crippen LogP contribution in [0.4, 0.5) is 0 Å². The zero-order valence-electron chi connectivity index (χ0n) is 33.7. The molecule has 0 N–H and O–H groups in total. The van der Waals surface area contributed by atoms with Gasteiger partial charge >= 0.3 is 5.97 Å². The number of unbranched alkanes of at least 4 members (excludes halogenated alkanes) is 1. The Bertz CT molecular complexity index is 1050. The Kier molecular flexibility index (Phi) is 19.9. The van der Waals surface area contributed by atoms with Gasteiger partial charge < -0.3 is 18.0 Å². The van der Waals surface area contributed by atoms with Gasteiger partial charge in [-0.1, -0.05) is 84.0 Å². The molecule has 282 valence electrons. The Balaban J connectivity index is 2.36. The fourth-order valence-electron chi connectivity index (χ4n) is 7.93. The van der Waals surface area contributed by atoms with E-state index < -0.39 is 25.0 Å². The average Bonchev–Trinajstić information content (AvgIpc) is 3.38. The number of esters is 1. The van der Waals surface area contributed by atoms with Gasteiger partial charge in [-0.25, -0.2) is 0 Å². The van der Waals surface area contributed by atoms with Gasteiger partial charge in [0, 0.05) is 12.5 Å². The number of benzene rings is 1. The first kappa shape index (κ1) is 44.1. The van der Waals surface area contributed by atoms with Crippen LogP contribution in [-0.4, -0.2) is 55.3 Å². The van der Waals surface area contributed by atoms with Crippen LogP contribution in [0.15, 0.2) is 42.5 Å². The minimum Gasteiger partial charge on any atom is -0.463 e. The van der Waals surface area contributed by atoms with Crippen LogP contribution in [0.25, 0.3) is 0 Å². The Morgan fingerprint density at radius 2 is 1.39 bits per heavy atom. The van der Waals surface area contributed by atoms with Gasteiger partial charge in [0.05, 0.1) is 18.3 Å². The van der Waals surface area contributed by atoms with Crippen molar-refractivity contribution in [1.82, 2.24) is 0 Å². The standard InChI is InChI=1S/C41H76O5Si3/c1-12-48(13-2,14-3)44-36(30-29-35-25-21-20-22-26-35)31-32-38-37(27-23-18-19-24-28-41(42)43-34(7)8)39(45-47(9,10)11)33-40(38)46-49(15-4,16-5)17-6/h18,20-23,25-26,34,36-40H,12-17,19,24,27-33H2,1-11H3/b23-18-/t36-,37+,38+,39-,40+/m0/s1. The first-order valence-corrected chi connectivity index (χ1v) is 28.7. The molecule has 0 radical (unpaired) electrons. The first-order valence-electron chi connectivity index (χ1n) is 20.2. The number of carbonyl (C=O) groups is 1. The van der Waals surface area contributed by atoms with E-state index in [-0.39, 0.29) is 30.4 Å². The van der Waals surface area contributed by atoms with E-state index in [1.165, 1.54) is 41.8 Å². The maximum Gasteiger partial charge on any atom is 0.306 e. The monoisotopic (exact) mass is 733 g/mol. The second-order valence-electron chi connectivity index (χ2n) is 16.0. The highest BCUT2D eigenvalue weighted by atomic mass is 28.4. The van der Waals surface area contributed by atoms with Crippen LogP contribution in [0.1, 0.15) is 112 Å². The number of allylic oxidation sites excluding steroid dienone is 2. The molecule has 1 aliphatic carbocycles. The van der Waals surface area contributed by atoms with Gasteiger partial charge in [-0.05, 0) is 139 Å². The SMILES string of the molecule is CC[Si](CC)(CC)O[C@@H](CCc1ccccc1)CC[C@@H]1[C@@H](C/C=C\CCCC(=O)OC(C)C)[C@@H](O[Si](C)(C)C)C[C@H]1O[Si](CC)(CC)CC. The quantitative estimate of drug-likeness (QED) is 0.0433. The molecule has 0 spiro atoms. The van der Waals surface area contributed by atoms with Crippen molar-refractivity contribution in [1.29, 1.82) is 0 Å². The summed E-state index contributed by atoms with van der Waals surface area (Å²) in [6.45, 7) is 24.9. The zero-order valence-corrected chi connectivity index (χ0v) is 36.7. The summed E-state index contributed by atoms with van der Waals surface area (Å²) in [4.78, 5) is 12.1. The molecule has 0 unspecified atom stereocenters. The van der Waals surface area contributed by atoms with Crippen LogP contribution >= 0.6 is 0 Å². The van der Waals surface area contributed by atoms with Crippen molar-refractivity contribution in [3.8, 4) is 0 Å². The maximum absolute atomic E-state index is 12.1. The van der Waals surface area contributed by atoms with Crippen LogP contribution in [0.5, 0.6) is 0 Å². The lowest BCUT2D eigenvalue weighted by molar-refractivity contribution is -0.147. The third-order valence-electron chi connectivity index (χ3n) is 11.3. The molecule has 0 amide bonds. The van der Waals surface area contributed by atoms with E-state index in [9.17, 15) is 4.79 Å². The summed E-state index contributed by atoms with van der Waals surface area (Å²) < 4.78 is 27.1. The molecule has 5 nitrogen and oxygen atoms in total. The van der Waals surface area contributed by atoms with Gasteiger partial charge in [0.1, 0.15) is 0 Å². The summed E-state index contributed by atoms with van der Waals surface area (Å²) in [5, 5.41) is 0. The largest absolute Gasteiger partial charge is 0.463 e. The molecule has 1 saturated carbocycles. The summed E-state index contributed by atoms with van der Waals surface area (Å²) in [6.07, 6.45) is 13.9. The predicted octanol–water partition coefficient (Wildman–Crippen LogP) is 12.1. The molecule has 5 atom stereocenters. The van der Waals surface area contributed by atoms with Crippen molar-refractivity contribution in [2.75, 3.05) is 0 Å². The molecule has 0 heterocycles. The summed E-state index contributed by atoms with van der Waals surface area (Å²) in [7, 11) is -5.36. The minimum absolute atomic E-state index is 0.0521. The summed E-state index contributed by atoms with van der Waals surface area (Å²) in [6, 6.07) is 18.0. The van der Waals surface area contributed by atoms with Gasteiger partial charge in [-0.15, -0.1) is 0 Å². The Morgan fingerprint density at radius 3 is 1.94 bits per heavy atom. The summed E-state index contributed by atoms with van der Waals surface area (Å²) >= 11 is 0. The lowest BCUT2D eigenvalue weighted by atomic mass is 9.85. The molecule has 1 aromatic rings. The van der Waals surface area contributed by atoms with Crippen LogP contribution in [-0.2, 0) is 29.2 Å². The number of hydrogen-bond acceptors (Lipinski definition) is 5. The van der Waals surface area contributed by atoms with E-state index in [2.05, 4.69) is 104 Å². The van der Waals surface area contributed by atoms with Crippen LogP contribution < -0.4 is 0 Å². The number of rotatable bonds is 25. The normalized spacial score (nSPS) is 21.1. The lowest BCUT2D eigenvalue weighted by Crippen LogP contribution is -2.42. The Hall–Kier alpha value is -1.04. The molecule has 49 heavy (non-hydrogen) atoms. The highest BCUT2D eigenvalue weighted by Gasteiger charge is 2.48.